The number of para-hydroxylation sites is 2. The summed E-state index contributed by atoms with van der Waals surface area (Å²) in [6.07, 6.45) is 0.0756. The van der Waals surface area contributed by atoms with Gasteiger partial charge in [0, 0.05) is 11.8 Å². The van der Waals surface area contributed by atoms with Crippen LogP contribution in [0.1, 0.15) is 5.56 Å². The number of amides is 1. The minimum atomic E-state index is -3.63. The molecule has 0 atom stereocenters. The Balaban J connectivity index is 1.39. The number of anilines is 2. The maximum Gasteiger partial charge on any atom is 0.271 e. The zero-order valence-corrected chi connectivity index (χ0v) is 18.8. The smallest absolute Gasteiger partial charge is 0.271 e. The second kappa shape index (κ2) is 9.85. The summed E-state index contributed by atoms with van der Waals surface area (Å²) >= 11 is 1.13. The third-order valence-corrected chi connectivity index (χ3v) is 7.29. The number of hydrogen-bond donors (Lipinski definition) is 2. The minimum Gasteiger partial charge on any atom is -0.455 e. The van der Waals surface area contributed by atoms with Crippen molar-refractivity contribution >= 4 is 38.6 Å². The van der Waals surface area contributed by atoms with Crippen molar-refractivity contribution in [3.05, 3.63) is 102 Å². The van der Waals surface area contributed by atoms with E-state index in [0.717, 1.165) is 11.3 Å². The van der Waals surface area contributed by atoms with Crippen LogP contribution in [0.15, 0.2) is 94.5 Å². The molecule has 0 aliphatic heterocycles. The van der Waals surface area contributed by atoms with Gasteiger partial charge in [0.25, 0.3) is 10.0 Å². The van der Waals surface area contributed by atoms with Crippen LogP contribution in [-0.4, -0.2) is 14.3 Å². The van der Waals surface area contributed by atoms with Crippen molar-refractivity contribution in [3.63, 3.8) is 0 Å². The van der Waals surface area contributed by atoms with Crippen molar-refractivity contribution in [1.29, 1.82) is 0 Å². The number of ether oxygens (including phenoxy) is 1. The molecular formula is C24H19FN2O4S2. The Morgan fingerprint density at radius 1 is 0.939 bits per heavy atom. The van der Waals surface area contributed by atoms with Crippen LogP contribution in [0.3, 0.4) is 0 Å². The fraction of sp³-hybridized carbons (Fsp3) is 0.0417. The van der Waals surface area contributed by atoms with Crippen LogP contribution in [-0.2, 0) is 21.2 Å². The molecule has 0 unspecified atom stereocenters. The average Bonchev–Trinajstić information content (AvgIpc) is 3.33. The predicted molar refractivity (Wildman–Crippen MR) is 127 cm³/mol. The second-order valence-corrected chi connectivity index (χ2v) is 9.87. The van der Waals surface area contributed by atoms with Crippen LogP contribution < -0.4 is 14.8 Å². The molecular weight excluding hydrogens is 463 g/mol. The summed E-state index contributed by atoms with van der Waals surface area (Å²) in [5.41, 5.74) is 1.56. The molecule has 1 amide bonds. The zero-order chi connectivity index (χ0) is 23.3. The molecule has 4 aromatic rings. The van der Waals surface area contributed by atoms with Gasteiger partial charge in [0.2, 0.25) is 5.91 Å². The maximum atomic E-state index is 13.4. The number of nitrogens with one attached hydrogen (secondary N) is 2. The molecule has 9 heteroatoms. The molecule has 0 radical (unpaired) electrons. The molecule has 0 spiro atoms. The number of hydrogen-bond acceptors (Lipinski definition) is 5. The molecule has 4 rings (SSSR count). The van der Waals surface area contributed by atoms with Gasteiger partial charge in [-0.2, -0.15) is 0 Å². The summed E-state index contributed by atoms with van der Waals surface area (Å²) in [6.45, 7) is 0. The van der Waals surface area contributed by atoms with E-state index < -0.39 is 15.8 Å². The number of carbonyl (C=O) groups excluding carboxylic acids is 1. The van der Waals surface area contributed by atoms with Gasteiger partial charge in [0.15, 0.2) is 5.75 Å². The number of carbonyl (C=O) groups is 1. The van der Waals surface area contributed by atoms with Gasteiger partial charge < -0.3 is 10.1 Å². The Morgan fingerprint density at radius 3 is 2.45 bits per heavy atom. The predicted octanol–water partition coefficient (Wildman–Crippen LogP) is 5.66. The van der Waals surface area contributed by atoms with Gasteiger partial charge in [-0.3, -0.25) is 9.52 Å². The molecule has 0 saturated carbocycles. The van der Waals surface area contributed by atoms with Crippen LogP contribution in [0.4, 0.5) is 15.8 Å². The summed E-state index contributed by atoms with van der Waals surface area (Å²) in [4.78, 5) is 12.6. The Kier molecular flexibility index (Phi) is 6.71. The van der Waals surface area contributed by atoms with E-state index in [1.807, 2.05) is 0 Å². The first kappa shape index (κ1) is 22.5. The first-order valence-electron chi connectivity index (χ1n) is 9.87. The monoisotopic (exact) mass is 482 g/mol. The molecule has 168 valence electrons. The Bertz CT molecular complexity index is 1360. The number of benzene rings is 3. The van der Waals surface area contributed by atoms with Crippen molar-refractivity contribution in [2.24, 2.45) is 0 Å². The standard InChI is InChI=1S/C24H19FN2O4S2/c25-18-5-3-6-20(16-18)31-22-8-2-1-7-21(22)26-23(28)15-17-10-12-19(13-11-17)27-33(29,30)24-9-4-14-32-24/h1-14,16,27H,15H2,(H,26,28). The highest BCUT2D eigenvalue weighted by molar-refractivity contribution is 7.94. The average molecular weight is 483 g/mol. The van der Waals surface area contributed by atoms with Gasteiger partial charge >= 0.3 is 0 Å². The Hall–Kier alpha value is -3.69. The second-order valence-electron chi connectivity index (χ2n) is 7.02. The third kappa shape index (κ3) is 5.97. The number of halogens is 1. The lowest BCUT2D eigenvalue weighted by Crippen LogP contribution is -2.15. The van der Waals surface area contributed by atoms with E-state index in [2.05, 4.69) is 10.0 Å². The first-order chi connectivity index (χ1) is 15.9. The van der Waals surface area contributed by atoms with Crippen molar-refractivity contribution < 1.29 is 22.3 Å². The van der Waals surface area contributed by atoms with Crippen LogP contribution in [0.2, 0.25) is 0 Å². The van der Waals surface area contributed by atoms with Gasteiger partial charge in [-0.25, -0.2) is 12.8 Å². The molecule has 0 bridgehead atoms. The summed E-state index contributed by atoms with van der Waals surface area (Å²) < 4.78 is 46.5. The van der Waals surface area contributed by atoms with Crippen molar-refractivity contribution in [1.82, 2.24) is 0 Å². The van der Waals surface area contributed by atoms with E-state index in [1.54, 1.807) is 66.0 Å². The maximum absolute atomic E-state index is 13.4. The van der Waals surface area contributed by atoms with Gasteiger partial charge in [-0.15, -0.1) is 11.3 Å². The molecule has 0 aliphatic rings. The number of thiophene rings is 1. The highest BCUT2D eigenvalue weighted by Gasteiger charge is 2.15. The topological polar surface area (TPSA) is 84.5 Å². The fourth-order valence-corrected chi connectivity index (χ4v) is 5.06. The highest BCUT2D eigenvalue weighted by atomic mass is 32.2. The van der Waals surface area contributed by atoms with Crippen LogP contribution in [0, 0.1) is 5.82 Å². The molecule has 1 heterocycles. The molecule has 3 aromatic carbocycles. The fourth-order valence-electron chi connectivity index (χ4n) is 3.01. The quantitative estimate of drug-likeness (QED) is 0.339. The lowest BCUT2D eigenvalue weighted by Gasteiger charge is -2.12. The third-order valence-electron chi connectivity index (χ3n) is 4.52. The van der Waals surface area contributed by atoms with Crippen molar-refractivity contribution in [3.8, 4) is 11.5 Å². The van der Waals surface area contributed by atoms with Crippen LogP contribution in [0.25, 0.3) is 0 Å². The normalized spacial score (nSPS) is 11.1. The number of rotatable bonds is 8. The lowest BCUT2D eigenvalue weighted by atomic mass is 10.1. The molecule has 0 fully saturated rings. The summed E-state index contributed by atoms with van der Waals surface area (Å²) in [5, 5.41) is 4.49. The SMILES string of the molecule is O=C(Cc1ccc(NS(=O)(=O)c2cccs2)cc1)Nc1ccccc1Oc1cccc(F)c1. The first-order valence-corrected chi connectivity index (χ1v) is 12.2. The van der Waals surface area contributed by atoms with E-state index in [1.165, 1.54) is 24.3 Å². The summed E-state index contributed by atoms with van der Waals surface area (Å²) in [7, 11) is -3.63. The van der Waals surface area contributed by atoms with E-state index in [9.17, 15) is 17.6 Å². The largest absolute Gasteiger partial charge is 0.455 e. The molecule has 2 N–H and O–H groups in total. The lowest BCUT2D eigenvalue weighted by molar-refractivity contribution is -0.115. The summed E-state index contributed by atoms with van der Waals surface area (Å²) in [5.74, 6) is -0.000537. The van der Waals surface area contributed by atoms with Crippen molar-refractivity contribution in [2.45, 2.75) is 10.6 Å². The van der Waals surface area contributed by atoms with E-state index in [4.69, 9.17) is 4.74 Å². The van der Waals surface area contributed by atoms with Gasteiger partial charge in [0.1, 0.15) is 15.8 Å². The van der Waals surface area contributed by atoms with E-state index in [0.29, 0.717) is 28.4 Å². The van der Waals surface area contributed by atoms with E-state index in [-0.39, 0.29) is 16.5 Å². The van der Waals surface area contributed by atoms with Crippen molar-refractivity contribution in [2.75, 3.05) is 10.0 Å². The van der Waals surface area contributed by atoms with E-state index >= 15 is 0 Å². The van der Waals surface area contributed by atoms with Crippen LogP contribution >= 0.6 is 11.3 Å². The number of sulfonamides is 1. The molecule has 6 nitrogen and oxygen atoms in total. The van der Waals surface area contributed by atoms with Gasteiger partial charge in [-0.05, 0) is 53.4 Å². The van der Waals surface area contributed by atoms with Gasteiger partial charge in [-0.1, -0.05) is 36.4 Å². The molecule has 0 saturated heterocycles. The zero-order valence-electron chi connectivity index (χ0n) is 17.2. The van der Waals surface area contributed by atoms with Crippen LogP contribution in [0.5, 0.6) is 11.5 Å². The highest BCUT2D eigenvalue weighted by Crippen LogP contribution is 2.29. The molecule has 0 aliphatic carbocycles. The minimum absolute atomic E-state index is 0.0756. The molecule has 1 aromatic heterocycles. The molecule has 33 heavy (non-hydrogen) atoms. The Morgan fingerprint density at radius 2 is 1.73 bits per heavy atom. The Labute approximate surface area is 194 Å². The van der Waals surface area contributed by atoms with Gasteiger partial charge in [0.05, 0.1) is 12.1 Å². The summed E-state index contributed by atoms with van der Waals surface area (Å²) in [6, 6.07) is 22.4.